The van der Waals surface area contributed by atoms with E-state index in [2.05, 4.69) is 15.3 Å². The number of H-pyrrole nitrogens is 1. The van der Waals surface area contributed by atoms with Crippen molar-refractivity contribution in [2.75, 3.05) is 7.05 Å². The summed E-state index contributed by atoms with van der Waals surface area (Å²) < 4.78 is 19.8. The molecule has 0 aliphatic carbocycles. The zero-order chi connectivity index (χ0) is 16.0. The van der Waals surface area contributed by atoms with E-state index >= 15 is 0 Å². The number of fused-ring (bicyclic) bond motifs is 3. The Bertz CT molecular complexity index is 929. The summed E-state index contributed by atoms with van der Waals surface area (Å²) in [6.07, 6.45) is 0.847. The predicted molar refractivity (Wildman–Crippen MR) is 91.4 cm³/mol. The SMILES string of the molecule is CNC(=O)Oc1cc(F)c(Cl)c2c1[nH]c1ncc(I)c(Cl)c12. The average molecular weight is 454 g/mol. The van der Waals surface area contributed by atoms with E-state index in [9.17, 15) is 9.18 Å². The van der Waals surface area contributed by atoms with Crippen molar-refractivity contribution in [2.45, 2.75) is 0 Å². The maximum absolute atomic E-state index is 14.1. The van der Waals surface area contributed by atoms with Gasteiger partial charge in [0.15, 0.2) is 5.75 Å². The van der Waals surface area contributed by atoms with Crippen LogP contribution in [0.15, 0.2) is 12.3 Å². The molecule has 2 N–H and O–H groups in total. The smallest absolute Gasteiger partial charge is 0.408 e. The molecule has 22 heavy (non-hydrogen) atoms. The molecular formula is C13H7Cl2FIN3O2. The third kappa shape index (κ3) is 2.37. The average Bonchev–Trinajstić information content (AvgIpc) is 2.88. The summed E-state index contributed by atoms with van der Waals surface area (Å²) in [5, 5.41) is 3.38. The Hall–Kier alpha value is -1.32. The fourth-order valence-electron chi connectivity index (χ4n) is 2.10. The molecule has 0 aliphatic rings. The first-order valence-electron chi connectivity index (χ1n) is 5.97. The second-order valence-electron chi connectivity index (χ2n) is 4.33. The summed E-state index contributed by atoms with van der Waals surface area (Å²) in [4.78, 5) is 18.6. The van der Waals surface area contributed by atoms with Gasteiger partial charge in [-0.1, -0.05) is 23.2 Å². The van der Waals surface area contributed by atoms with Gasteiger partial charge in [-0.3, -0.25) is 0 Å². The van der Waals surface area contributed by atoms with Crippen molar-refractivity contribution in [1.82, 2.24) is 15.3 Å². The topological polar surface area (TPSA) is 67.0 Å². The highest BCUT2D eigenvalue weighted by Crippen LogP contribution is 2.41. The Morgan fingerprint density at radius 3 is 2.82 bits per heavy atom. The number of hydrogen-bond acceptors (Lipinski definition) is 3. The second-order valence-corrected chi connectivity index (χ2v) is 6.25. The molecule has 0 unspecified atom stereocenters. The molecule has 0 spiro atoms. The van der Waals surface area contributed by atoms with Crippen molar-refractivity contribution in [1.29, 1.82) is 0 Å². The van der Waals surface area contributed by atoms with Crippen molar-refractivity contribution in [2.24, 2.45) is 0 Å². The molecule has 2 heterocycles. The van der Waals surface area contributed by atoms with Crippen LogP contribution in [-0.2, 0) is 0 Å². The second kappa shape index (κ2) is 5.71. The minimum Gasteiger partial charge on any atom is -0.408 e. The van der Waals surface area contributed by atoms with Crippen molar-refractivity contribution in [3.63, 3.8) is 0 Å². The minimum atomic E-state index is -0.727. The predicted octanol–water partition coefficient (Wildman–Crippen LogP) is 4.48. The van der Waals surface area contributed by atoms with Gasteiger partial charge in [0.1, 0.15) is 11.5 Å². The third-order valence-electron chi connectivity index (χ3n) is 3.06. The highest BCUT2D eigenvalue weighted by molar-refractivity contribution is 14.1. The van der Waals surface area contributed by atoms with E-state index in [4.69, 9.17) is 27.9 Å². The van der Waals surface area contributed by atoms with Gasteiger partial charge in [0.05, 0.1) is 19.1 Å². The molecule has 0 bridgehead atoms. The number of amides is 1. The number of nitrogens with one attached hydrogen (secondary N) is 2. The lowest BCUT2D eigenvalue weighted by atomic mass is 10.2. The van der Waals surface area contributed by atoms with Crippen molar-refractivity contribution in [3.05, 3.63) is 31.7 Å². The summed E-state index contributed by atoms with van der Waals surface area (Å²) in [6.45, 7) is 0. The van der Waals surface area contributed by atoms with Crippen LogP contribution in [0.5, 0.6) is 5.75 Å². The lowest BCUT2D eigenvalue weighted by Gasteiger charge is -2.07. The number of pyridine rings is 1. The van der Waals surface area contributed by atoms with E-state index in [0.29, 0.717) is 30.5 Å². The van der Waals surface area contributed by atoms with Crippen LogP contribution in [0.3, 0.4) is 0 Å². The van der Waals surface area contributed by atoms with Crippen molar-refractivity contribution < 1.29 is 13.9 Å². The number of aromatic nitrogens is 2. The van der Waals surface area contributed by atoms with Gasteiger partial charge in [-0.05, 0) is 22.6 Å². The number of carbonyl (C=O) groups is 1. The summed E-state index contributed by atoms with van der Waals surface area (Å²) >= 11 is 14.4. The molecule has 3 aromatic rings. The van der Waals surface area contributed by atoms with E-state index in [1.54, 1.807) is 6.20 Å². The maximum Gasteiger partial charge on any atom is 0.412 e. The number of hydrogen-bond donors (Lipinski definition) is 2. The van der Waals surface area contributed by atoms with Gasteiger partial charge in [-0.2, -0.15) is 0 Å². The minimum absolute atomic E-state index is 0.000301. The number of benzene rings is 1. The van der Waals surface area contributed by atoms with Crippen LogP contribution in [0.2, 0.25) is 10.0 Å². The van der Waals surface area contributed by atoms with Crippen LogP contribution < -0.4 is 10.1 Å². The number of ether oxygens (including phenoxy) is 1. The zero-order valence-corrected chi connectivity index (χ0v) is 14.6. The van der Waals surface area contributed by atoms with Crippen LogP contribution in [0.25, 0.3) is 21.9 Å². The first kappa shape index (κ1) is 15.6. The van der Waals surface area contributed by atoms with Crippen LogP contribution in [0, 0.1) is 9.39 Å². The summed E-state index contributed by atoms with van der Waals surface area (Å²) in [6, 6.07) is 1.04. The lowest BCUT2D eigenvalue weighted by Crippen LogP contribution is -2.22. The molecule has 9 heteroatoms. The first-order chi connectivity index (χ1) is 10.4. The molecule has 1 amide bonds. The van der Waals surface area contributed by atoms with Gasteiger partial charge >= 0.3 is 6.09 Å². The molecule has 0 fully saturated rings. The molecule has 3 rings (SSSR count). The molecule has 0 saturated carbocycles. The van der Waals surface area contributed by atoms with Gasteiger partial charge in [0.2, 0.25) is 0 Å². The van der Waals surface area contributed by atoms with Crippen LogP contribution in [-0.4, -0.2) is 23.1 Å². The zero-order valence-electron chi connectivity index (χ0n) is 10.9. The normalized spacial score (nSPS) is 11.1. The fourth-order valence-corrected chi connectivity index (χ4v) is 2.99. The van der Waals surface area contributed by atoms with Crippen LogP contribution in [0.1, 0.15) is 0 Å². The molecule has 114 valence electrons. The number of nitrogens with zero attached hydrogens (tertiary/aromatic N) is 1. The van der Waals surface area contributed by atoms with E-state index < -0.39 is 11.9 Å². The molecule has 5 nitrogen and oxygen atoms in total. The van der Waals surface area contributed by atoms with Crippen molar-refractivity contribution >= 4 is 73.8 Å². The monoisotopic (exact) mass is 453 g/mol. The molecule has 0 atom stereocenters. The number of aromatic amines is 1. The molecule has 1 aromatic carbocycles. The fraction of sp³-hybridized carbons (Fsp3) is 0.0769. The van der Waals surface area contributed by atoms with Gasteiger partial charge in [0.25, 0.3) is 0 Å². The Morgan fingerprint density at radius 2 is 2.14 bits per heavy atom. The van der Waals surface area contributed by atoms with E-state index in [-0.39, 0.29) is 10.8 Å². The first-order valence-corrected chi connectivity index (χ1v) is 7.80. The Morgan fingerprint density at radius 1 is 1.41 bits per heavy atom. The molecular weight excluding hydrogens is 447 g/mol. The van der Waals surface area contributed by atoms with Crippen LogP contribution in [0.4, 0.5) is 9.18 Å². The Labute approximate surface area is 147 Å². The van der Waals surface area contributed by atoms with Gasteiger partial charge in [-0.25, -0.2) is 14.2 Å². The number of carbonyl (C=O) groups excluding carboxylic acids is 1. The summed E-state index contributed by atoms with van der Waals surface area (Å²) in [7, 11) is 1.40. The van der Waals surface area contributed by atoms with E-state index in [1.165, 1.54) is 7.05 Å². The number of rotatable bonds is 1. The highest BCUT2D eigenvalue weighted by Gasteiger charge is 2.21. The van der Waals surface area contributed by atoms with Gasteiger partial charge in [-0.15, -0.1) is 0 Å². The quantitative estimate of drug-likeness (QED) is 0.533. The number of halogens is 4. The Kier molecular flexibility index (Phi) is 4.04. The Balaban J connectivity index is 2.43. The standard InChI is InChI=1S/C13H7Cl2FIN3O2/c1-18-13(21)22-6-2-4(16)9(14)7-8-10(15)5(17)3-19-12(8)20-11(6)7/h2-3H,1H3,(H,18,21)(H,19,20). The van der Waals surface area contributed by atoms with Gasteiger partial charge < -0.3 is 15.0 Å². The van der Waals surface area contributed by atoms with E-state index in [0.717, 1.165) is 6.07 Å². The van der Waals surface area contributed by atoms with Gasteiger partial charge in [0, 0.05) is 30.1 Å². The molecule has 0 saturated heterocycles. The molecule has 0 radical (unpaired) electrons. The van der Waals surface area contributed by atoms with Crippen LogP contribution >= 0.6 is 45.8 Å². The lowest BCUT2D eigenvalue weighted by molar-refractivity contribution is 0.203. The maximum atomic E-state index is 14.1. The summed E-state index contributed by atoms with van der Waals surface area (Å²) in [5.74, 6) is -0.718. The third-order valence-corrected chi connectivity index (χ3v) is 4.96. The summed E-state index contributed by atoms with van der Waals surface area (Å²) in [5.41, 5.74) is 0.774. The molecule has 2 aromatic heterocycles. The largest absolute Gasteiger partial charge is 0.412 e. The molecule has 0 aliphatic heterocycles. The highest BCUT2D eigenvalue weighted by atomic mass is 127. The van der Waals surface area contributed by atoms with Crippen molar-refractivity contribution in [3.8, 4) is 5.75 Å². The van der Waals surface area contributed by atoms with E-state index in [1.807, 2.05) is 22.6 Å².